The number of aromatic nitrogens is 2. The van der Waals surface area contributed by atoms with Crippen molar-refractivity contribution < 1.29 is 35.7 Å². The monoisotopic (exact) mass is 440 g/mol. The first kappa shape index (κ1) is 19.5. The predicted molar refractivity (Wildman–Crippen MR) is 86.6 cm³/mol. The first-order chi connectivity index (χ1) is 11.5. The van der Waals surface area contributed by atoms with Crippen molar-refractivity contribution in [1.29, 1.82) is 0 Å². The molecule has 25 heavy (non-hydrogen) atoms. The molecule has 11 heteroatoms. The van der Waals surface area contributed by atoms with E-state index in [0.29, 0.717) is 0 Å². The van der Waals surface area contributed by atoms with Crippen molar-refractivity contribution in [2.24, 2.45) is 7.05 Å². The molecule has 0 aliphatic heterocycles. The van der Waals surface area contributed by atoms with Crippen molar-refractivity contribution in [3.05, 3.63) is 41.0 Å². The summed E-state index contributed by atoms with van der Waals surface area (Å²) in [6.45, 7) is 0. The molecule has 3 rings (SSSR count). The largest absolute Gasteiger partial charge is 0.741 e. The molecule has 0 radical (unpaired) electrons. The minimum absolute atomic E-state index is 1.06. The summed E-state index contributed by atoms with van der Waals surface area (Å²) in [5.41, 5.74) is -3.39. The highest BCUT2D eigenvalue weighted by atomic mass is 79.9. The Labute approximate surface area is 149 Å². The third-order valence-corrected chi connectivity index (χ3v) is 4.40. The molecule has 0 aliphatic carbocycles. The van der Waals surface area contributed by atoms with Crippen LogP contribution in [-0.2, 0) is 17.2 Å². The highest BCUT2D eigenvalue weighted by Gasteiger charge is 2.36. The number of fused-ring (bicyclic) bond motifs is 3. The van der Waals surface area contributed by atoms with Gasteiger partial charge >= 0.3 is 11.2 Å². The number of hydrogen-bond acceptors (Lipinski definition) is 4. The molecule has 0 bridgehead atoms. The Morgan fingerprint density at radius 3 is 2.36 bits per heavy atom. The second kappa shape index (κ2) is 6.81. The molecule has 0 amide bonds. The van der Waals surface area contributed by atoms with Gasteiger partial charge in [-0.2, -0.15) is 13.2 Å². The quantitative estimate of drug-likeness (QED) is 0.331. The lowest BCUT2D eigenvalue weighted by molar-refractivity contribution is -0.867. The zero-order valence-electron chi connectivity index (χ0n) is 12.9. The second-order valence-corrected chi connectivity index (χ2v) is 7.16. The van der Waals surface area contributed by atoms with Crippen molar-refractivity contribution in [3.8, 4) is 0 Å². The van der Waals surface area contributed by atoms with Crippen molar-refractivity contribution in [2.75, 3.05) is 7.11 Å². The Morgan fingerprint density at radius 2 is 1.84 bits per heavy atom. The van der Waals surface area contributed by atoms with Gasteiger partial charge in [-0.05, 0) is 35.1 Å². The number of nitrogens with zero attached hydrogens (tertiary/aromatic N) is 2. The van der Waals surface area contributed by atoms with Crippen LogP contribution >= 0.6 is 15.9 Å². The summed E-state index contributed by atoms with van der Waals surface area (Å²) >= 11 is 3.52. The number of aryl methyl sites for hydroxylation is 1. The average molecular weight is 441 g/mol. The Kier molecular flexibility index (Phi) is 5.30. The molecular formula is C14H12BrF3N2O4S. The van der Waals surface area contributed by atoms with Crippen LogP contribution in [0.2, 0.25) is 0 Å². The molecule has 6 nitrogen and oxygen atoms in total. The van der Waals surface area contributed by atoms with Crippen molar-refractivity contribution >= 4 is 48.0 Å². The Bertz CT molecular complexity index is 1030. The number of halogens is 4. The van der Waals surface area contributed by atoms with Gasteiger partial charge in [-0.3, -0.25) is 0 Å². The summed E-state index contributed by atoms with van der Waals surface area (Å²) in [7, 11) is -2.37. The van der Waals surface area contributed by atoms with Crippen LogP contribution < -0.4 is 9.57 Å². The van der Waals surface area contributed by atoms with E-state index in [1.807, 2.05) is 19.3 Å². The molecule has 0 fully saturated rings. The van der Waals surface area contributed by atoms with Gasteiger partial charge < -0.3 is 9.39 Å². The summed E-state index contributed by atoms with van der Waals surface area (Å²) in [4.78, 5) is 5.35. The molecule has 2 heterocycles. The molecule has 0 spiro atoms. The highest BCUT2D eigenvalue weighted by Crippen LogP contribution is 2.28. The zero-order chi connectivity index (χ0) is 19.0. The fourth-order valence-electron chi connectivity index (χ4n) is 2.30. The van der Waals surface area contributed by atoms with E-state index in [1.165, 1.54) is 16.3 Å². The normalized spacial score (nSPS) is 12.1. The number of hydrogen-bond donors (Lipinski definition) is 0. The van der Waals surface area contributed by atoms with Crippen molar-refractivity contribution in [1.82, 2.24) is 4.57 Å². The molecule has 0 saturated heterocycles. The summed E-state index contributed by atoms with van der Waals surface area (Å²) in [6.07, 6.45) is 1.91. The Hall–Kier alpha value is -1.85. The van der Waals surface area contributed by atoms with Crippen LogP contribution in [0.3, 0.4) is 0 Å². The summed E-state index contributed by atoms with van der Waals surface area (Å²) in [5, 5.41) is 2.41. The Balaban J connectivity index is 0.000000242. The van der Waals surface area contributed by atoms with E-state index in [2.05, 4.69) is 44.8 Å². The highest BCUT2D eigenvalue weighted by molar-refractivity contribution is 9.10. The predicted octanol–water partition coefficient (Wildman–Crippen LogP) is 2.49. The molecule has 0 unspecified atom stereocenters. The van der Waals surface area contributed by atoms with Crippen LogP contribution in [0.15, 0.2) is 41.0 Å². The van der Waals surface area contributed by atoms with Crippen molar-refractivity contribution in [2.45, 2.75) is 5.51 Å². The summed E-state index contributed by atoms with van der Waals surface area (Å²) < 4.78 is 63.9. The topological polar surface area (TPSA) is 75.2 Å². The maximum absolute atomic E-state index is 10.7. The first-order valence-corrected chi connectivity index (χ1v) is 8.82. The minimum atomic E-state index is -6.09. The lowest BCUT2D eigenvalue weighted by Gasteiger charge is -2.08. The van der Waals surface area contributed by atoms with Crippen LogP contribution in [0.5, 0.6) is 0 Å². The maximum atomic E-state index is 10.7. The minimum Gasteiger partial charge on any atom is -0.741 e. The fraction of sp³-hybridized carbons (Fsp3) is 0.214. The fourth-order valence-corrected chi connectivity index (χ4v) is 2.66. The van der Waals surface area contributed by atoms with Gasteiger partial charge in [0.1, 0.15) is 18.8 Å². The molecule has 2 aromatic heterocycles. The zero-order valence-corrected chi connectivity index (χ0v) is 15.3. The number of pyridine rings is 1. The SMILES string of the molecule is CO[n+]1cccc2c3cc(Br)ccc3n(C)c21.O=S(=O)([O-])C(F)(F)F. The van der Waals surface area contributed by atoms with Gasteiger partial charge in [-0.15, -0.1) is 0 Å². The summed E-state index contributed by atoms with van der Waals surface area (Å²) in [6, 6.07) is 10.4. The van der Waals surface area contributed by atoms with Gasteiger partial charge in [0.2, 0.25) is 0 Å². The van der Waals surface area contributed by atoms with Gasteiger partial charge in [-0.1, -0.05) is 15.9 Å². The van der Waals surface area contributed by atoms with Gasteiger partial charge in [0, 0.05) is 9.86 Å². The molecule has 0 aliphatic rings. The van der Waals surface area contributed by atoms with E-state index in [1.54, 1.807) is 11.8 Å². The number of benzene rings is 1. The van der Waals surface area contributed by atoms with E-state index >= 15 is 0 Å². The van der Waals surface area contributed by atoms with Gasteiger partial charge in [0.25, 0.3) is 0 Å². The van der Waals surface area contributed by atoms with E-state index in [4.69, 9.17) is 17.8 Å². The molecule has 136 valence electrons. The van der Waals surface area contributed by atoms with Gasteiger partial charge in [0.05, 0.1) is 12.4 Å². The standard InChI is InChI=1S/C13H12BrN2O.CHF3O3S/c1-15-12-6-5-9(14)8-11(12)10-4-3-7-16(17-2)13(10)15;2-1(3,4)8(5,6)7/h3-8H,1-2H3;(H,5,6,7)/q+1;/p-1. The van der Waals surface area contributed by atoms with Crippen molar-refractivity contribution in [3.63, 3.8) is 0 Å². The third-order valence-electron chi connectivity index (χ3n) is 3.34. The number of rotatable bonds is 1. The molecule has 1 aromatic carbocycles. The van der Waals surface area contributed by atoms with Crippen LogP contribution in [0.4, 0.5) is 13.2 Å². The van der Waals surface area contributed by atoms with E-state index in [-0.39, 0.29) is 0 Å². The van der Waals surface area contributed by atoms with Gasteiger partial charge in [-0.25, -0.2) is 13.0 Å². The molecule has 0 saturated carbocycles. The molecule has 0 N–H and O–H groups in total. The lowest BCUT2D eigenvalue weighted by Crippen LogP contribution is -2.41. The maximum Gasteiger partial charge on any atom is 0.485 e. The van der Waals surface area contributed by atoms with E-state index in [0.717, 1.165) is 10.1 Å². The first-order valence-electron chi connectivity index (χ1n) is 6.62. The molecule has 3 aromatic rings. The second-order valence-electron chi connectivity index (χ2n) is 4.87. The third kappa shape index (κ3) is 3.88. The van der Waals surface area contributed by atoms with E-state index < -0.39 is 15.6 Å². The summed E-state index contributed by atoms with van der Waals surface area (Å²) in [5.74, 6) is 0. The average Bonchev–Trinajstić information content (AvgIpc) is 2.79. The van der Waals surface area contributed by atoms with Crippen LogP contribution in [0.1, 0.15) is 0 Å². The van der Waals surface area contributed by atoms with Crippen LogP contribution in [0, 0.1) is 0 Å². The van der Waals surface area contributed by atoms with E-state index in [9.17, 15) is 13.2 Å². The Morgan fingerprint density at radius 1 is 1.24 bits per heavy atom. The lowest BCUT2D eigenvalue weighted by atomic mass is 10.2. The molecular weight excluding hydrogens is 429 g/mol. The number of alkyl halides is 3. The van der Waals surface area contributed by atoms with Gasteiger partial charge in [0.15, 0.2) is 10.1 Å². The van der Waals surface area contributed by atoms with Crippen LogP contribution in [-0.4, -0.2) is 30.2 Å². The smallest absolute Gasteiger partial charge is 0.485 e. The van der Waals surface area contributed by atoms with Crippen LogP contribution in [0.25, 0.3) is 21.9 Å². The molecule has 0 atom stereocenters.